The normalized spacial score (nSPS) is 11.2. The zero-order valence-electron chi connectivity index (χ0n) is 14.6. The van der Waals surface area contributed by atoms with E-state index in [1.165, 1.54) is 16.6 Å². The molecule has 8 heteroatoms. The molecule has 2 N–H and O–H groups in total. The molecule has 0 unspecified atom stereocenters. The number of anilines is 1. The third-order valence-corrected chi connectivity index (χ3v) is 5.91. The zero-order valence-corrected chi connectivity index (χ0v) is 16.3. The molecule has 0 bridgehead atoms. The topological polar surface area (TPSA) is 85.2 Å². The molecule has 1 amide bonds. The average Bonchev–Trinajstić information content (AvgIpc) is 3.08. The highest BCUT2D eigenvalue weighted by Gasteiger charge is 2.16. The van der Waals surface area contributed by atoms with Gasteiger partial charge in [0, 0.05) is 11.9 Å². The van der Waals surface area contributed by atoms with Gasteiger partial charge in [-0.25, -0.2) is 9.97 Å². The number of rotatable bonds is 5. The molecule has 0 aliphatic rings. The Balaban J connectivity index is 1.66. The predicted molar refractivity (Wildman–Crippen MR) is 102 cm³/mol. The van der Waals surface area contributed by atoms with Crippen LogP contribution in [0, 0.1) is 20.8 Å². The summed E-state index contributed by atoms with van der Waals surface area (Å²) in [5.41, 5.74) is 7.20. The molecular formula is C17H20N4O2S2. The third-order valence-electron chi connectivity index (χ3n) is 3.98. The van der Waals surface area contributed by atoms with E-state index in [0.717, 1.165) is 27.3 Å². The van der Waals surface area contributed by atoms with Crippen LogP contribution in [0.5, 0.6) is 0 Å². The van der Waals surface area contributed by atoms with Crippen molar-refractivity contribution in [2.24, 2.45) is 0 Å². The van der Waals surface area contributed by atoms with E-state index in [1.54, 1.807) is 23.3 Å². The van der Waals surface area contributed by atoms with E-state index in [0.29, 0.717) is 17.5 Å². The van der Waals surface area contributed by atoms with Gasteiger partial charge in [0.1, 0.15) is 22.2 Å². The average molecular weight is 377 g/mol. The molecule has 0 aliphatic carbocycles. The Morgan fingerprint density at radius 1 is 1.32 bits per heavy atom. The Bertz CT molecular complexity index is 932. The number of thiophene rings is 1. The van der Waals surface area contributed by atoms with Crippen molar-refractivity contribution in [2.45, 2.75) is 32.5 Å². The fraction of sp³-hybridized carbons (Fsp3) is 0.353. The van der Waals surface area contributed by atoms with Crippen LogP contribution >= 0.6 is 23.1 Å². The largest absolute Gasteiger partial charge is 0.464 e. The molecule has 0 fully saturated rings. The van der Waals surface area contributed by atoms with E-state index < -0.39 is 0 Å². The summed E-state index contributed by atoms with van der Waals surface area (Å²) < 4.78 is 5.50. The number of amides is 1. The molecule has 3 aromatic rings. The van der Waals surface area contributed by atoms with Crippen molar-refractivity contribution in [2.75, 3.05) is 18.5 Å². The van der Waals surface area contributed by atoms with E-state index in [9.17, 15) is 4.79 Å². The van der Waals surface area contributed by atoms with Crippen molar-refractivity contribution in [3.8, 4) is 0 Å². The number of hydrogen-bond donors (Lipinski definition) is 1. The van der Waals surface area contributed by atoms with E-state index in [1.807, 2.05) is 32.9 Å². The minimum Gasteiger partial charge on any atom is -0.464 e. The number of fused-ring (bicyclic) bond motifs is 1. The number of nitrogen functional groups attached to an aromatic ring is 1. The lowest BCUT2D eigenvalue weighted by atomic mass is 10.2. The molecule has 3 rings (SSSR count). The number of nitrogens with two attached hydrogens (primary N) is 1. The first-order chi connectivity index (χ1) is 11.8. The summed E-state index contributed by atoms with van der Waals surface area (Å²) in [5.74, 6) is 2.32. The summed E-state index contributed by atoms with van der Waals surface area (Å²) in [6.07, 6.45) is 0. The van der Waals surface area contributed by atoms with Gasteiger partial charge in [0.15, 0.2) is 5.16 Å². The van der Waals surface area contributed by atoms with Crippen molar-refractivity contribution < 1.29 is 9.21 Å². The molecule has 6 nitrogen and oxygen atoms in total. The zero-order chi connectivity index (χ0) is 18.1. The van der Waals surface area contributed by atoms with E-state index in [-0.39, 0.29) is 11.7 Å². The second kappa shape index (κ2) is 7.05. The maximum atomic E-state index is 12.3. The second-order valence-corrected chi connectivity index (χ2v) is 8.05. The molecule has 0 saturated carbocycles. The van der Waals surface area contributed by atoms with Crippen LogP contribution in [0.15, 0.2) is 21.7 Å². The summed E-state index contributed by atoms with van der Waals surface area (Å²) in [6.45, 7) is 6.39. The van der Waals surface area contributed by atoms with Crippen LogP contribution < -0.4 is 5.73 Å². The van der Waals surface area contributed by atoms with E-state index in [2.05, 4.69) is 9.97 Å². The molecule has 0 aromatic carbocycles. The first-order valence-corrected chi connectivity index (χ1v) is 9.60. The Kier molecular flexibility index (Phi) is 5.01. The first-order valence-electron chi connectivity index (χ1n) is 7.80. The minimum absolute atomic E-state index is 0.0140. The van der Waals surface area contributed by atoms with Crippen LogP contribution in [0.2, 0.25) is 0 Å². The standard InChI is InChI=1S/C17H20N4O2S2/c1-9-5-6-12(23-9)7-21(4)13(22)8-24-17-19-15(18)14-10(2)11(3)25-16(14)20-17/h5-6H,7-8H2,1-4H3,(H2,18,19,20). The minimum atomic E-state index is -0.0140. The van der Waals surface area contributed by atoms with Gasteiger partial charge in [0.25, 0.3) is 0 Å². The monoisotopic (exact) mass is 376 g/mol. The first kappa shape index (κ1) is 17.8. The SMILES string of the molecule is Cc1ccc(CN(C)C(=O)CSc2nc(N)c3c(C)c(C)sc3n2)o1. The molecule has 132 valence electrons. The Hall–Kier alpha value is -2.06. The molecule has 0 spiro atoms. The fourth-order valence-corrected chi connectivity index (χ4v) is 4.34. The van der Waals surface area contributed by atoms with Gasteiger partial charge in [-0.05, 0) is 38.5 Å². The maximum Gasteiger partial charge on any atom is 0.233 e. The van der Waals surface area contributed by atoms with Crippen LogP contribution in [-0.2, 0) is 11.3 Å². The van der Waals surface area contributed by atoms with Gasteiger partial charge in [0.2, 0.25) is 5.91 Å². The van der Waals surface area contributed by atoms with Crippen molar-refractivity contribution in [1.82, 2.24) is 14.9 Å². The van der Waals surface area contributed by atoms with Crippen molar-refractivity contribution in [3.05, 3.63) is 34.1 Å². The van der Waals surface area contributed by atoms with E-state index in [4.69, 9.17) is 10.2 Å². The molecule has 0 aliphatic heterocycles. The Morgan fingerprint density at radius 3 is 2.76 bits per heavy atom. The highest BCUT2D eigenvalue weighted by atomic mass is 32.2. The highest BCUT2D eigenvalue weighted by Crippen LogP contribution is 2.33. The number of aryl methyl sites for hydroxylation is 3. The van der Waals surface area contributed by atoms with Crippen molar-refractivity contribution in [3.63, 3.8) is 0 Å². The lowest BCUT2D eigenvalue weighted by molar-refractivity contribution is -0.127. The molecule has 25 heavy (non-hydrogen) atoms. The highest BCUT2D eigenvalue weighted by molar-refractivity contribution is 7.99. The van der Waals surface area contributed by atoms with Gasteiger partial charge in [-0.15, -0.1) is 11.3 Å². The van der Waals surface area contributed by atoms with Gasteiger partial charge >= 0.3 is 0 Å². The van der Waals surface area contributed by atoms with Crippen molar-refractivity contribution >= 4 is 45.0 Å². The lowest BCUT2D eigenvalue weighted by Gasteiger charge is -2.15. The van der Waals surface area contributed by atoms with Gasteiger partial charge < -0.3 is 15.1 Å². The smallest absolute Gasteiger partial charge is 0.233 e. The van der Waals surface area contributed by atoms with Gasteiger partial charge in [-0.3, -0.25) is 4.79 Å². The molecule has 3 aromatic heterocycles. The number of thioether (sulfide) groups is 1. The number of nitrogens with zero attached hydrogens (tertiary/aromatic N) is 3. The van der Waals surface area contributed by atoms with Crippen LogP contribution in [0.25, 0.3) is 10.2 Å². The summed E-state index contributed by atoms with van der Waals surface area (Å²) in [4.78, 5) is 24.9. The molecule has 0 radical (unpaired) electrons. The fourth-order valence-electron chi connectivity index (χ4n) is 2.45. The maximum absolute atomic E-state index is 12.3. The van der Waals surface area contributed by atoms with Crippen molar-refractivity contribution in [1.29, 1.82) is 0 Å². The molecular weight excluding hydrogens is 356 g/mol. The van der Waals surface area contributed by atoms with Gasteiger partial charge in [0.05, 0.1) is 17.7 Å². The summed E-state index contributed by atoms with van der Waals surface area (Å²) in [5, 5.41) is 1.45. The summed E-state index contributed by atoms with van der Waals surface area (Å²) >= 11 is 2.90. The van der Waals surface area contributed by atoms with Gasteiger partial charge in [-0.2, -0.15) is 0 Å². The molecule has 0 saturated heterocycles. The van der Waals surface area contributed by atoms with Crippen LogP contribution in [0.3, 0.4) is 0 Å². The third kappa shape index (κ3) is 3.80. The number of aromatic nitrogens is 2. The quantitative estimate of drug-likeness (QED) is 0.541. The van der Waals surface area contributed by atoms with E-state index >= 15 is 0 Å². The number of carbonyl (C=O) groups excluding carboxylic acids is 1. The Labute approximate surface area is 154 Å². The lowest BCUT2D eigenvalue weighted by Crippen LogP contribution is -2.27. The molecule has 3 heterocycles. The Morgan fingerprint density at radius 2 is 2.08 bits per heavy atom. The number of carbonyl (C=O) groups is 1. The number of hydrogen-bond acceptors (Lipinski definition) is 7. The van der Waals surface area contributed by atoms with Crippen LogP contribution in [-0.4, -0.2) is 33.6 Å². The summed E-state index contributed by atoms with van der Waals surface area (Å²) in [6, 6.07) is 3.77. The second-order valence-electron chi connectivity index (χ2n) is 5.91. The van der Waals surface area contributed by atoms with Crippen LogP contribution in [0.1, 0.15) is 22.0 Å². The number of furan rings is 1. The molecule has 0 atom stereocenters. The predicted octanol–water partition coefficient (Wildman–Crippen LogP) is 3.54. The van der Waals surface area contributed by atoms with Crippen LogP contribution in [0.4, 0.5) is 5.82 Å². The summed E-state index contributed by atoms with van der Waals surface area (Å²) in [7, 11) is 1.76. The van der Waals surface area contributed by atoms with Gasteiger partial charge in [-0.1, -0.05) is 11.8 Å².